The van der Waals surface area contributed by atoms with Crippen LogP contribution < -0.4 is 10.6 Å². The third-order valence-electron chi connectivity index (χ3n) is 6.23. The number of amides is 3. The predicted octanol–water partition coefficient (Wildman–Crippen LogP) is 1.71. The third-order valence-corrected chi connectivity index (χ3v) is 6.23. The summed E-state index contributed by atoms with van der Waals surface area (Å²) in [5.74, 6) is -0.385. The van der Waals surface area contributed by atoms with Gasteiger partial charge in [-0.15, -0.1) is 0 Å². The SMILES string of the molecule is O=C1Nc2ccc(-c3ccccc3)cc2C(=O)N2CCN(C(=O)C3CCCN3)CC12. The van der Waals surface area contributed by atoms with Gasteiger partial charge in [-0.05, 0) is 42.6 Å². The number of rotatable bonds is 2. The molecule has 2 aromatic carbocycles. The van der Waals surface area contributed by atoms with Crippen LogP contribution in [0.25, 0.3) is 11.1 Å². The van der Waals surface area contributed by atoms with Crippen molar-refractivity contribution in [2.24, 2.45) is 0 Å². The average molecular weight is 404 g/mol. The molecule has 2 atom stereocenters. The highest BCUT2D eigenvalue weighted by molar-refractivity contribution is 6.10. The highest BCUT2D eigenvalue weighted by Gasteiger charge is 2.41. The number of carbonyl (C=O) groups is 3. The van der Waals surface area contributed by atoms with Crippen molar-refractivity contribution in [2.75, 3.05) is 31.5 Å². The summed E-state index contributed by atoms with van der Waals surface area (Å²) in [6, 6.07) is 14.5. The summed E-state index contributed by atoms with van der Waals surface area (Å²) >= 11 is 0. The Morgan fingerprint density at radius 1 is 1.00 bits per heavy atom. The Morgan fingerprint density at radius 2 is 1.83 bits per heavy atom. The smallest absolute Gasteiger partial charge is 0.256 e. The molecule has 0 aliphatic carbocycles. The predicted molar refractivity (Wildman–Crippen MR) is 113 cm³/mol. The molecule has 0 saturated carbocycles. The normalized spacial score (nSPS) is 23.5. The lowest BCUT2D eigenvalue weighted by atomic mass is 10.0. The maximum absolute atomic E-state index is 13.4. The lowest BCUT2D eigenvalue weighted by Gasteiger charge is -2.40. The largest absolute Gasteiger partial charge is 0.337 e. The van der Waals surface area contributed by atoms with E-state index < -0.39 is 6.04 Å². The lowest BCUT2D eigenvalue weighted by Crippen LogP contribution is -2.61. The van der Waals surface area contributed by atoms with Crippen LogP contribution >= 0.6 is 0 Å². The van der Waals surface area contributed by atoms with Gasteiger partial charge in [0.25, 0.3) is 5.91 Å². The van der Waals surface area contributed by atoms with Crippen molar-refractivity contribution in [2.45, 2.75) is 24.9 Å². The molecule has 2 saturated heterocycles. The van der Waals surface area contributed by atoms with Gasteiger partial charge in [-0.25, -0.2) is 0 Å². The zero-order valence-corrected chi connectivity index (χ0v) is 16.6. The third kappa shape index (κ3) is 3.25. The first kappa shape index (κ1) is 18.8. The van der Waals surface area contributed by atoms with Crippen LogP contribution in [0.4, 0.5) is 5.69 Å². The zero-order valence-electron chi connectivity index (χ0n) is 16.6. The van der Waals surface area contributed by atoms with Crippen LogP contribution in [0.3, 0.4) is 0 Å². The number of fused-ring (bicyclic) bond motifs is 2. The van der Waals surface area contributed by atoms with E-state index in [0.717, 1.165) is 30.5 Å². The Kier molecular flexibility index (Phi) is 4.75. The van der Waals surface area contributed by atoms with E-state index in [2.05, 4.69) is 10.6 Å². The van der Waals surface area contributed by atoms with Gasteiger partial charge < -0.3 is 20.4 Å². The van der Waals surface area contributed by atoms with Crippen LogP contribution in [0.1, 0.15) is 23.2 Å². The van der Waals surface area contributed by atoms with Crippen LogP contribution in [0.5, 0.6) is 0 Å². The van der Waals surface area contributed by atoms with Crippen LogP contribution in [-0.2, 0) is 9.59 Å². The second kappa shape index (κ2) is 7.57. The minimum absolute atomic E-state index is 0.0283. The summed E-state index contributed by atoms with van der Waals surface area (Å²) in [5, 5.41) is 6.13. The topological polar surface area (TPSA) is 81.8 Å². The van der Waals surface area contributed by atoms with E-state index in [9.17, 15) is 14.4 Å². The Morgan fingerprint density at radius 3 is 2.60 bits per heavy atom. The number of benzene rings is 2. The van der Waals surface area contributed by atoms with E-state index in [0.29, 0.717) is 24.3 Å². The molecule has 0 bridgehead atoms. The molecule has 5 rings (SSSR count). The molecule has 2 aromatic rings. The number of nitrogens with one attached hydrogen (secondary N) is 2. The number of piperazine rings is 1. The standard InChI is InChI=1S/C23H24N4O3/c28-21-20-14-26(23(30)19-7-4-10-24-19)11-12-27(20)22(29)17-13-16(8-9-18(17)25-21)15-5-2-1-3-6-15/h1-3,5-6,8-9,13,19-20,24H,4,7,10-12,14H2,(H,25,28). The molecule has 0 spiro atoms. The Hall–Kier alpha value is -3.19. The summed E-state index contributed by atoms with van der Waals surface area (Å²) < 4.78 is 0. The Balaban J connectivity index is 1.42. The molecule has 2 fully saturated rings. The molecule has 2 unspecified atom stereocenters. The van der Waals surface area contributed by atoms with Gasteiger partial charge in [-0.3, -0.25) is 14.4 Å². The zero-order chi connectivity index (χ0) is 20.7. The number of hydrogen-bond acceptors (Lipinski definition) is 4. The number of anilines is 1. The van der Waals surface area contributed by atoms with E-state index in [1.807, 2.05) is 42.5 Å². The molecule has 7 heteroatoms. The molecular formula is C23H24N4O3. The fourth-order valence-corrected chi connectivity index (χ4v) is 4.58. The molecule has 30 heavy (non-hydrogen) atoms. The molecule has 7 nitrogen and oxygen atoms in total. The minimum Gasteiger partial charge on any atom is -0.337 e. The summed E-state index contributed by atoms with van der Waals surface area (Å²) in [5.41, 5.74) is 2.95. The van der Waals surface area contributed by atoms with E-state index in [1.54, 1.807) is 15.9 Å². The minimum atomic E-state index is -0.677. The van der Waals surface area contributed by atoms with Gasteiger partial charge in [0.1, 0.15) is 6.04 Å². The summed E-state index contributed by atoms with van der Waals surface area (Å²) in [7, 11) is 0. The van der Waals surface area contributed by atoms with Crippen molar-refractivity contribution in [3.05, 3.63) is 54.1 Å². The molecule has 154 valence electrons. The first-order valence-electron chi connectivity index (χ1n) is 10.5. The first-order chi connectivity index (χ1) is 14.6. The number of hydrogen-bond donors (Lipinski definition) is 2. The summed E-state index contributed by atoms with van der Waals surface area (Å²) in [6.07, 6.45) is 1.81. The highest BCUT2D eigenvalue weighted by atomic mass is 16.2. The Labute approximate surface area is 175 Å². The maximum atomic E-state index is 13.4. The van der Waals surface area contributed by atoms with Gasteiger partial charge in [0.2, 0.25) is 11.8 Å². The van der Waals surface area contributed by atoms with Crippen molar-refractivity contribution in [1.29, 1.82) is 0 Å². The van der Waals surface area contributed by atoms with Gasteiger partial charge in [-0.1, -0.05) is 36.4 Å². The lowest BCUT2D eigenvalue weighted by molar-refractivity contribution is -0.137. The molecular weight excluding hydrogens is 380 g/mol. The van der Waals surface area contributed by atoms with E-state index in [-0.39, 0.29) is 30.3 Å². The fraction of sp³-hybridized carbons (Fsp3) is 0.348. The van der Waals surface area contributed by atoms with Gasteiger partial charge >= 0.3 is 0 Å². The van der Waals surface area contributed by atoms with Gasteiger partial charge in [0.05, 0.1) is 23.8 Å². The van der Waals surface area contributed by atoms with E-state index in [4.69, 9.17) is 0 Å². The fourth-order valence-electron chi connectivity index (χ4n) is 4.58. The molecule has 0 aromatic heterocycles. The summed E-state index contributed by atoms with van der Waals surface area (Å²) in [6.45, 7) is 1.87. The highest BCUT2D eigenvalue weighted by Crippen LogP contribution is 2.30. The molecule has 2 N–H and O–H groups in total. The van der Waals surface area contributed by atoms with Crippen LogP contribution in [0.15, 0.2) is 48.5 Å². The maximum Gasteiger partial charge on any atom is 0.256 e. The van der Waals surface area contributed by atoms with Crippen molar-refractivity contribution in [3.8, 4) is 11.1 Å². The molecule has 3 amide bonds. The van der Waals surface area contributed by atoms with E-state index >= 15 is 0 Å². The van der Waals surface area contributed by atoms with Crippen molar-refractivity contribution < 1.29 is 14.4 Å². The van der Waals surface area contributed by atoms with Crippen molar-refractivity contribution in [3.63, 3.8) is 0 Å². The van der Waals surface area contributed by atoms with Gasteiger partial charge in [0, 0.05) is 13.1 Å². The van der Waals surface area contributed by atoms with Crippen molar-refractivity contribution in [1.82, 2.24) is 15.1 Å². The first-order valence-corrected chi connectivity index (χ1v) is 10.5. The van der Waals surface area contributed by atoms with Crippen LogP contribution in [0, 0.1) is 0 Å². The molecule has 3 heterocycles. The monoisotopic (exact) mass is 404 g/mol. The average Bonchev–Trinajstić information content (AvgIpc) is 3.30. The second-order valence-corrected chi connectivity index (χ2v) is 8.06. The van der Waals surface area contributed by atoms with Crippen molar-refractivity contribution >= 4 is 23.4 Å². The molecule has 0 radical (unpaired) electrons. The van der Waals surface area contributed by atoms with Gasteiger partial charge in [0.15, 0.2) is 0 Å². The summed E-state index contributed by atoms with van der Waals surface area (Å²) in [4.78, 5) is 42.4. The Bertz CT molecular complexity index is 1000. The van der Waals surface area contributed by atoms with Crippen LogP contribution in [0.2, 0.25) is 0 Å². The van der Waals surface area contributed by atoms with Crippen LogP contribution in [-0.4, -0.2) is 65.8 Å². The number of nitrogens with zero attached hydrogens (tertiary/aromatic N) is 2. The van der Waals surface area contributed by atoms with E-state index in [1.165, 1.54) is 0 Å². The molecule has 3 aliphatic rings. The van der Waals surface area contributed by atoms with Gasteiger partial charge in [-0.2, -0.15) is 0 Å². The second-order valence-electron chi connectivity index (χ2n) is 8.06. The molecule has 3 aliphatic heterocycles. The quantitative estimate of drug-likeness (QED) is 0.799. The number of carbonyl (C=O) groups excluding carboxylic acids is 3.